The standard InChI is InChI=1S/C19H30NO6P/c1-5-24-27(23,25-6-2)26-13-9-7-8-10-19(22)17-12-11-15(3)14-18(17)20-16(4)21/h11-12,14H,5-10,13H2,1-4H3,(H,20,21). The second-order valence-electron chi connectivity index (χ2n) is 6.08. The van der Waals surface area contributed by atoms with Gasteiger partial charge in [-0.05, 0) is 51.3 Å². The van der Waals surface area contributed by atoms with Crippen molar-refractivity contribution in [3.05, 3.63) is 29.3 Å². The number of rotatable bonds is 13. The molecule has 0 bridgehead atoms. The van der Waals surface area contributed by atoms with Crippen LogP contribution in [0.15, 0.2) is 18.2 Å². The molecule has 27 heavy (non-hydrogen) atoms. The van der Waals surface area contributed by atoms with Crippen LogP contribution in [0.3, 0.4) is 0 Å². The number of amides is 1. The molecule has 0 radical (unpaired) electrons. The minimum Gasteiger partial charge on any atom is -0.326 e. The molecular weight excluding hydrogens is 369 g/mol. The Labute approximate surface area is 161 Å². The number of nitrogens with one attached hydrogen (secondary N) is 1. The summed E-state index contributed by atoms with van der Waals surface area (Å²) in [6.45, 7) is 7.51. The van der Waals surface area contributed by atoms with E-state index in [2.05, 4.69) is 5.32 Å². The van der Waals surface area contributed by atoms with Gasteiger partial charge < -0.3 is 5.32 Å². The Bertz CT molecular complexity index is 666. The second-order valence-corrected chi connectivity index (χ2v) is 7.75. The number of hydrogen-bond acceptors (Lipinski definition) is 6. The zero-order valence-corrected chi connectivity index (χ0v) is 17.5. The SMILES string of the molecule is CCOP(=O)(OCC)OCCCCCC(=O)c1ccc(C)cc1NC(C)=O. The summed E-state index contributed by atoms with van der Waals surface area (Å²) in [7, 11) is -3.47. The van der Waals surface area contributed by atoms with Crippen LogP contribution in [0.5, 0.6) is 0 Å². The van der Waals surface area contributed by atoms with Crippen LogP contribution in [-0.2, 0) is 22.9 Å². The lowest BCUT2D eigenvalue weighted by atomic mass is 10.0. The second kappa shape index (κ2) is 12.0. The molecule has 0 aliphatic rings. The van der Waals surface area contributed by atoms with Gasteiger partial charge in [-0.15, -0.1) is 0 Å². The number of hydrogen-bond donors (Lipinski definition) is 1. The van der Waals surface area contributed by atoms with E-state index >= 15 is 0 Å². The van der Waals surface area contributed by atoms with Crippen LogP contribution in [0.1, 0.15) is 62.4 Å². The van der Waals surface area contributed by atoms with Gasteiger partial charge >= 0.3 is 7.82 Å². The number of Topliss-reactive ketones (excluding diaryl/α,β-unsaturated/α-hetero) is 1. The first-order valence-electron chi connectivity index (χ1n) is 9.26. The average molecular weight is 399 g/mol. The lowest BCUT2D eigenvalue weighted by Crippen LogP contribution is -2.11. The summed E-state index contributed by atoms with van der Waals surface area (Å²) < 4.78 is 27.5. The number of ketones is 1. The van der Waals surface area contributed by atoms with E-state index in [4.69, 9.17) is 13.6 Å². The van der Waals surface area contributed by atoms with Crippen LogP contribution >= 0.6 is 7.82 Å². The predicted octanol–water partition coefficient (Wildman–Crippen LogP) is 4.89. The van der Waals surface area contributed by atoms with Crippen molar-refractivity contribution >= 4 is 25.2 Å². The van der Waals surface area contributed by atoms with Crippen LogP contribution in [0.4, 0.5) is 5.69 Å². The number of phosphoric ester groups is 1. The first-order chi connectivity index (χ1) is 12.8. The predicted molar refractivity (Wildman–Crippen MR) is 105 cm³/mol. The van der Waals surface area contributed by atoms with E-state index in [1.165, 1.54) is 6.92 Å². The van der Waals surface area contributed by atoms with E-state index in [9.17, 15) is 14.2 Å². The minimum atomic E-state index is -3.47. The molecule has 1 amide bonds. The third kappa shape index (κ3) is 8.80. The van der Waals surface area contributed by atoms with Gasteiger partial charge in [0.15, 0.2) is 5.78 Å². The first-order valence-corrected chi connectivity index (χ1v) is 10.7. The van der Waals surface area contributed by atoms with E-state index in [0.717, 1.165) is 12.0 Å². The fourth-order valence-electron chi connectivity index (χ4n) is 2.50. The highest BCUT2D eigenvalue weighted by molar-refractivity contribution is 7.48. The molecular formula is C19H30NO6P. The largest absolute Gasteiger partial charge is 0.474 e. The number of carbonyl (C=O) groups is 2. The van der Waals surface area contributed by atoms with Crippen molar-refractivity contribution in [3.63, 3.8) is 0 Å². The van der Waals surface area contributed by atoms with Crippen molar-refractivity contribution in [1.82, 2.24) is 0 Å². The zero-order valence-electron chi connectivity index (χ0n) is 16.6. The quantitative estimate of drug-likeness (QED) is 0.288. The number of benzene rings is 1. The van der Waals surface area contributed by atoms with Gasteiger partial charge in [0, 0.05) is 18.9 Å². The summed E-state index contributed by atoms with van der Waals surface area (Å²) in [6, 6.07) is 5.39. The van der Waals surface area contributed by atoms with Crippen molar-refractivity contribution in [2.45, 2.75) is 53.4 Å². The Morgan fingerprint density at radius 1 is 1.04 bits per heavy atom. The Balaban J connectivity index is 2.44. The number of phosphoric acid groups is 1. The molecule has 0 atom stereocenters. The lowest BCUT2D eigenvalue weighted by Gasteiger charge is -2.16. The molecule has 1 rings (SSSR count). The van der Waals surface area contributed by atoms with Gasteiger partial charge in [-0.25, -0.2) is 4.57 Å². The van der Waals surface area contributed by atoms with E-state index in [1.807, 2.05) is 13.0 Å². The third-order valence-corrected chi connectivity index (χ3v) is 5.31. The van der Waals surface area contributed by atoms with Crippen molar-refractivity contribution in [2.24, 2.45) is 0 Å². The molecule has 7 nitrogen and oxygen atoms in total. The summed E-state index contributed by atoms with van der Waals surface area (Å²) in [5, 5.41) is 2.71. The third-order valence-electron chi connectivity index (χ3n) is 3.66. The van der Waals surface area contributed by atoms with Crippen LogP contribution in [-0.4, -0.2) is 31.5 Å². The van der Waals surface area contributed by atoms with Crippen LogP contribution < -0.4 is 5.32 Å². The minimum absolute atomic E-state index is 0.0195. The van der Waals surface area contributed by atoms with Gasteiger partial charge in [0.1, 0.15) is 0 Å². The van der Waals surface area contributed by atoms with E-state index < -0.39 is 7.82 Å². The summed E-state index contributed by atoms with van der Waals surface area (Å²) in [5.41, 5.74) is 2.04. The fraction of sp³-hybridized carbons (Fsp3) is 0.579. The molecule has 1 aromatic carbocycles. The monoisotopic (exact) mass is 399 g/mol. The molecule has 0 aliphatic heterocycles. The van der Waals surface area contributed by atoms with E-state index in [-0.39, 0.29) is 31.5 Å². The average Bonchev–Trinajstić information content (AvgIpc) is 2.57. The molecule has 0 heterocycles. The molecule has 1 N–H and O–H groups in total. The van der Waals surface area contributed by atoms with Gasteiger partial charge in [0.25, 0.3) is 0 Å². The summed E-state index contributed by atoms with van der Waals surface area (Å²) in [5.74, 6) is -0.228. The molecule has 0 spiro atoms. The van der Waals surface area contributed by atoms with Gasteiger partial charge in [-0.2, -0.15) is 0 Å². The Hall–Kier alpha value is -1.53. The molecule has 1 aromatic rings. The smallest absolute Gasteiger partial charge is 0.326 e. The first kappa shape index (κ1) is 23.5. The van der Waals surface area contributed by atoms with Crippen LogP contribution in [0, 0.1) is 6.92 Å². The Morgan fingerprint density at radius 2 is 1.70 bits per heavy atom. The Morgan fingerprint density at radius 3 is 2.30 bits per heavy atom. The lowest BCUT2D eigenvalue weighted by molar-refractivity contribution is -0.114. The molecule has 8 heteroatoms. The zero-order chi connectivity index (χ0) is 20.3. The molecule has 152 valence electrons. The molecule has 0 aromatic heterocycles. The maximum Gasteiger partial charge on any atom is 0.474 e. The van der Waals surface area contributed by atoms with Crippen molar-refractivity contribution in [2.75, 3.05) is 25.1 Å². The van der Waals surface area contributed by atoms with Gasteiger partial charge in [0.2, 0.25) is 5.91 Å². The molecule has 0 unspecified atom stereocenters. The number of aryl methyl sites for hydroxylation is 1. The highest BCUT2D eigenvalue weighted by Crippen LogP contribution is 2.49. The van der Waals surface area contributed by atoms with Gasteiger partial charge in [0.05, 0.1) is 25.5 Å². The van der Waals surface area contributed by atoms with Crippen LogP contribution in [0.25, 0.3) is 0 Å². The maximum absolute atomic E-state index is 12.5. The molecule has 0 saturated carbocycles. The Kier molecular flexibility index (Phi) is 10.5. The molecule has 0 aliphatic carbocycles. The fourth-order valence-corrected chi connectivity index (χ4v) is 3.71. The number of carbonyl (C=O) groups excluding carboxylic acids is 2. The topological polar surface area (TPSA) is 90.9 Å². The summed E-state index contributed by atoms with van der Waals surface area (Å²) in [6.07, 6.45) is 2.42. The number of anilines is 1. The van der Waals surface area contributed by atoms with Gasteiger partial charge in [-0.1, -0.05) is 12.5 Å². The van der Waals surface area contributed by atoms with Crippen molar-refractivity contribution < 1.29 is 27.7 Å². The maximum atomic E-state index is 12.5. The summed E-state index contributed by atoms with van der Waals surface area (Å²) in [4.78, 5) is 23.8. The van der Waals surface area contributed by atoms with Crippen molar-refractivity contribution in [3.8, 4) is 0 Å². The van der Waals surface area contributed by atoms with E-state index in [1.54, 1.807) is 26.0 Å². The molecule has 0 saturated heterocycles. The van der Waals surface area contributed by atoms with Crippen molar-refractivity contribution in [1.29, 1.82) is 0 Å². The van der Waals surface area contributed by atoms with E-state index in [0.29, 0.717) is 30.5 Å². The molecule has 0 fully saturated rings. The van der Waals surface area contributed by atoms with Crippen LogP contribution in [0.2, 0.25) is 0 Å². The highest BCUT2D eigenvalue weighted by atomic mass is 31.2. The normalized spacial score (nSPS) is 11.4. The van der Waals surface area contributed by atoms with Gasteiger partial charge in [-0.3, -0.25) is 23.2 Å². The number of unbranched alkanes of at least 4 members (excludes halogenated alkanes) is 2. The highest BCUT2D eigenvalue weighted by Gasteiger charge is 2.24. The summed E-state index contributed by atoms with van der Waals surface area (Å²) >= 11 is 0.